The summed E-state index contributed by atoms with van der Waals surface area (Å²) in [5, 5.41) is 7.66. The van der Waals surface area contributed by atoms with E-state index in [-0.39, 0.29) is 0 Å². The molecule has 37 heavy (non-hydrogen) atoms. The molecular formula is C28H34ClN7S. The molecule has 0 bridgehead atoms. The van der Waals surface area contributed by atoms with Crippen molar-refractivity contribution in [1.82, 2.24) is 15.3 Å². The molecule has 0 aliphatic carbocycles. The number of nitrogens with one attached hydrogen (secondary N) is 2. The second-order valence-electron chi connectivity index (χ2n) is 9.81. The van der Waals surface area contributed by atoms with Crippen LogP contribution in [0.5, 0.6) is 0 Å². The predicted octanol–water partition coefficient (Wildman–Crippen LogP) is 5.18. The van der Waals surface area contributed by atoms with Gasteiger partial charge in [-0.15, -0.1) is 0 Å². The van der Waals surface area contributed by atoms with Gasteiger partial charge in [0, 0.05) is 62.6 Å². The predicted molar refractivity (Wildman–Crippen MR) is 158 cm³/mol. The minimum Gasteiger partial charge on any atom is -0.368 e. The molecule has 9 heteroatoms. The van der Waals surface area contributed by atoms with Crippen LogP contribution in [0.1, 0.15) is 25.3 Å². The second-order valence-corrected chi connectivity index (χ2v) is 10.6. The number of anilines is 4. The Labute approximate surface area is 229 Å². The van der Waals surface area contributed by atoms with Gasteiger partial charge in [0.15, 0.2) is 5.11 Å². The van der Waals surface area contributed by atoms with E-state index in [0.29, 0.717) is 28.5 Å². The number of rotatable bonds is 6. The van der Waals surface area contributed by atoms with Crippen LogP contribution in [-0.4, -0.2) is 54.3 Å². The Hall–Kier alpha value is -3.10. The van der Waals surface area contributed by atoms with E-state index >= 15 is 0 Å². The normalized spacial score (nSPS) is 18.0. The highest BCUT2D eigenvalue weighted by Crippen LogP contribution is 2.27. The molecule has 5 rings (SSSR count). The summed E-state index contributed by atoms with van der Waals surface area (Å²) in [7, 11) is 0. The Kier molecular flexibility index (Phi) is 8.26. The number of aromatic nitrogens is 2. The highest BCUT2D eigenvalue weighted by atomic mass is 35.5. The minimum atomic E-state index is 0.476. The average molecular weight is 536 g/mol. The third-order valence-corrected chi connectivity index (χ3v) is 7.64. The molecule has 0 saturated carbocycles. The van der Waals surface area contributed by atoms with E-state index < -0.39 is 0 Å². The standard InChI is InChI=1S/C28H34ClN7S/c1-21-8-7-13-36(20-21)26-18-25(35-16-14-34(15-17-35)23-10-3-2-4-11-23)31-27(32-26)33-28(37)30-19-22-9-5-6-12-24(22)29/h2-6,9-12,18,21H,7-8,13-17,19-20H2,1H3,(H2,30,31,32,33,37)/t21-/m1/s1. The first-order valence-electron chi connectivity index (χ1n) is 13.0. The van der Waals surface area contributed by atoms with E-state index in [1.54, 1.807) is 0 Å². The Bertz CT molecular complexity index is 1200. The third-order valence-electron chi connectivity index (χ3n) is 7.03. The molecule has 2 fully saturated rings. The van der Waals surface area contributed by atoms with Gasteiger partial charge in [0.1, 0.15) is 11.6 Å². The number of piperidine rings is 1. The van der Waals surface area contributed by atoms with Crippen LogP contribution in [0.3, 0.4) is 0 Å². The lowest BCUT2D eigenvalue weighted by Gasteiger charge is -2.37. The lowest BCUT2D eigenvalue weighted by molar-refractivity contribution is 0.444. The SMILES string of the molecule is C[C@@H]1CCCN(c2cc(N3CCN(c4ccccc4)CC3)nc(NC(=S)NCc3ccccc3Cl)n2)C1. The van der Waals surface area contributed by atoms with Crippen LogP contribution < -0.4 is 25.3 Å². The third kappa shape index (κ3) is 6.62. The zero-order chi connectivity index (χ0) is 25.6. The first-order valence-corrected chi connectivity index (χ1v) is 13.8. The van der Waals surface area contributed by atoms with Crippen molar-refractivity contribution in [3.05, 3.63) is 71.2 Å². The molecule has 1 atom stereocenters. The van der Waals surface area contributed by atoms with Crippen LogP contribution in [-0.2, 0) is 6.54 Å². The summed E-state index contributed by atoms with van der Waals surface area (Å²) < 4.78 is 0. The van der Waals surface area contributed by atoms with Crippen molar-refractivity contribution < 1.29 is 0 Å². The smallest absolute Gasteiger partial charge is 0.232 e. The largest absolute Gasteiger partial charge is 0.368 e. The molecule has 194 valence electrons. The van der Waals surface area contributed by atoms with Gasteiger partial charge in [0.2, 0.25) is 5.95 Å². The molecule has 3 heterocycles. The van der Waals surface area contributed by atoms with Crippen molar-refractivity contribution >= 4 is 52.2 Å². The molecule has 0 radical (unpaired) electrons. The molecule has 0 unspecified atom stereocenters. The van der Waals surface area contributed by atoms with Crippen molar-refractivity contribution in [3.8, 4) is 0 Å². The Morgan fingerprint density at radius 2 is 1.59 bits per heavy atom. The van der Waals surface area contributed by atoms with Gasteiger partial charge in [-0.1, -0.05) is 54.9 Å². The molecule has 2 saturated heterocycles. The Morgan fingerprint density at radius 1 is 0.919 bits per heavy atom. The average Bonchev–Trinajstić information content (AvgIpc) is 2.93. The number of nitrogens with zero attached hydrogens (tertiary/aromatic N) is 5. The van der Waals surface area contributed by atoms with Gasteiger partial charge in [-0.05, 0) is 54.7 Å². The van der Waals surface area contributed by atoms with Crippen LogP contribution in [0.2, 0.25) is 5.02 Å². The lowest BCUT2D eigenvalue weighted by Crippen LogP contribution is -2.47. The molecule has 0 spiro atoms. The van der Waals surface area contributed by atoms with Gasteiger partial charge in [-0.25, -0.2) is 0 Å². The van der Waals surface area contributed by atoms with Gasteiger partial charge in [0.05, 0.1) is 0 Å². The molecule has 2 aliphatic heterocycles. The van der Waals surface area contributed by atoms with E-state index in [0.717, 1.165) is 56.5 Å². The summed E-state index contributed by atoms with van der Waals surface area (Å²) in [6, 6.07) is 20.5. The summed E-state index contributed by atoms with van der Waals surface area (Å²) in [6.07, 6.45) is 2.44. The zero-order valence-electron chi connectivity index (χ0n) is 21.2. The van der Waals surface area contributed by atoms with Gasteiger partial charge in [0.25, 0.3) is 0 Å². The lowest BCUT2D eigenvalue weighted by atomic mass is 10.0. The maximum atomic E-state index is 6.30. The number of benzene rings is 2. The number of hydrogen-bond donors (Lipinski definition) is 2. The quantitative estimate of drug-likeness (QED) is 0.419. The van der Waals surface area contributed by atoms with Crippen LogP contribution in [0.25, 0.3) is 0 Å². The fourth-order valence-corrected chi connectivity index (χ4v) is 5.36. The van der Waals surface area contributed by atoms with Crippen molar-refractivity contribution in [2.45, 2.75) is 26.3 Å². The fourth-order valence-electron chi connectivity index (χ4n) is 4.99. The van der Waals surface area contributed by atoms with Crippen molar-refractivity contribution in [1.29, 1.82) is 0 Å². The van der Waals surface area contributed by atoms with Crippen LogP contribution >= 0.6 is 23.8 Å². The first kappa shape index (κ1) is 25.5. The summed E-state index contributed by atoms with van der Waals surface area (Å²) in [4.78, 5) is 16.9. The van der Waals surface area contributed by atoms with Crippen molar-refractivity contribution in [2.75, 3.05) is 59.3 Å². The van der Waals surface area contributed by atoms with Crippen molar-refractivity contribution in [2.24, 2.45) is 5.92 Å². The number of para-hydroxylation sites is 1. The second kappa shape index (κ2) is 12.0. The highest BCUT2D eigenvalue weighted by molar-refractivity contribution is 7.80. The number of hydrogen-bond acceptors (Lipinski definition) is 6. The molecule has 2 aromatic carbocycles. The summed E-state index contributed by atoms with van der Waals surface area (Å²) in [5.41, 5.74) is 2.26. The van der Waals surface area contributed by atoms with E-state index in [1.165, 1.54) is 18.5 Å². The van der Waals surface area contributed by atoms with Gasteiger partial charge >= 0.3 is 0 Å². The van der Waals surface area contributed by atoms with E-state index in [9.17, 15) is 0 Å². The number of thiocarbonyl (C=S) groups is 1. The zero-order valence-corrected chi connectivity index (χ0v) is 22.8. The molecule has 2 aliphatic rings. The number of halogens is 1. The molecule has 1 aromatic heterocycles. The number of piperazine rings is 1. The van der Waals surface area contributed by atoms with Gasteiger partial charge < -0.3 is 25.3 Å². The van der Waals surface area contributed by atoms with E-state index in [4.69, 9.17) is 33.8 Å². The van der Waals surface area contributed by atoms with Crippen LogP contribution in [0.15, 0.2) is 60.7 Å². The minimum absolute atomic E-state index is 0.476. The fraction of sp³-hybridized carbons (Fsp3) is 0.393. The van der Waals surface area contributed by atoms with E-state index in [1.807, 2.05) is 24.3 Å². The Balaban J connectivity index is 1.31. The topological polar surface area (TPSA) is 59.6 Å². The Morgan fingerprint density at radius 3 is 2.32 bits per heavy atom. The molecule has 2 N–H and O–H groups in total. The van der Waals surface area contributed by atoms with Gasteiger partial charge in [-0.2, -0.15) is 9.97 Å². The molecule has 3 aromatic rings. The molecular weight excluding hydrogens is 502 g/mol. The highest BCUT2D eigenvalue weighted by Gasteiger charge is 2.23. The van der Waals surface area contributed by atoms with Gasteiger partial charge in [-0.3, -0.25) is 0 Å². The molecule has 7 nitrogen and oxygen atoms in total. The summed E-state index contributed by atoms with van der Waals surface area (Å²) >= 11 is 11.9. The van der Waals surface area contributed by atoms with E-state index in [2.05, 4.69) is 68.7 Å². The summed E-state index contributed by atoms with van der Waals surface area (Å²) in [5.74, 6) is 3.06. The monoisotopic (exact) mass is 535 g/mol. The maximum Gasteiger partial charge on any atom is 0.232 e. The first-order chi connectivity index (χ1) is 18.0. The van der Waals surface area contributed by atoms with Crippen molar-refractivity contribution in [3.63, 3.8) is 0 Å². The summed E-state index contributed by atoms with van der Waals surface area (Å²) in [6.45, 7) is 8.55. The maximum absolute atomic E-state index is 6.30. The molecule has 0 amide bonds. The van der Waals surface area contributed by atoms with Crippen LogP contribution in [0, 0.1) is 5.92 Å². The van der Waals surface area contributed by atoms with Crippen LogP contribution in [0.4, 0.5) is 23.3 Å².